The first-order valence-corrected chi connectivity index (χ1v) is 8.24. The summed E-state index contributed by atoms with van der Waals surface area (Å²) in [5.74, 6) is 0.869. The second-order valence-corrected chi connectivity index (χ2v) is 6.64. The molecule has 1 aromatic heterocycles. The van der Waals surface area contributed by atoms with Gasteiger partial charge in [-0.3, -0.25) is 4.57 Å². The average molecular weight is 364 g/mol. The van der Waals surface area contributed by atoms with Gasteiger partial charge in [0.15, 0.2) is 0 Å². The summed E-state index contributed by atoms with van der Waals surface area (Å²) in [5, 5.41) is -0.151. The number of rotatable bonds is 3. The Morgan fingerprint density at radius 2 is 1.90 bits per heavy atom. The van der Waals surface area contributed by atoms with E-state index in [-0.39, 0.29) is 5.38 Å². The van der Waals surface area contributed by atoms with Crippen molar-refractivity contribution in [1.29, 1.82) is 0 Å². The molecule has 0 aliphatic heterocycles. The Morgan fingerprint density at radius 3 is 2.52 bits per heavy atom. The van der Waals surface area contributed by atoms with Gasteiger partial charge in [0.2, 0.25) is 0 Å². The number of aromatic nitrogens is 2. The van der Waals surface area contributed by atoms with Crippen LogP contribution in [0.4, 0.5) is 0 Å². The van der Waals surface area contributed by atoms with E-state index in [0.717, 1.165) is 33.4 Å². The third-order valence-electron chi connectivity index (χ3n) is 3.60. The molecule has 2 nitrogen and oxygen atoms in total. The maximum atomic E-state index is 6.33. The largest absolute Gasteiger partial charge is 0.295 e. The molecule has 0 saturated heterocycles. The average Bonchev–Trinajstić information content (AvgIpc) is 2.86. The lowest BCUT2D eigenvalue weighted by molar-refractivity contribution is 0.882. The molecule has 0 bridgehead atoms. The van der Waals surface area contributed by atoms with E-state index >= 15 is 0 Å². The predicted octanol–water partition coefficient (Wildman–Crippen LogP) is 5.65. The van der Waals surface area contributed by atoms with Gasteiger partial charge < -0.3 is 0 Å². The second-order valence-electron chi connectivity index (χ2n) is 5.07. The Labute approximate surface area is 137 Å². The highest BCUT2D eigenvalue weighted by Crippen LogP contribution is 2.29. The van der Waals surface area contributed by atoms with Crippen molar-refractivity contribution in [3.05, 3.63) is 58.3 Å². The molecule has 0 fully saturated rings. The second kappa shape index (κ2) is 5.82. The topological polar surface area (TPSA) is 17.8 Å². The number of hydrogen-bond acceptors (Lipinski definition) is 1. The number of nitrogens with zero attached hydrogens (tertiary/aromatic N) is 2. The molecule has 1 unspecified atom stereocenters. The number of benzene rings is 2. The van der Waals surface area contributed by atoms with Crippen LogP contribution in [-0.4, -0.2) is 9.55 Å². The summed E-state index contributed by atoms with van der Waals surface area (Å²) in [6, 6.07) is 14.7. The van der Waals surface area contributed by atoms with Crippen molar-refractivity contribution >= 4 is 38.6 Å². The smallest absolute Gasteiger partial charge is 0.132 e. The highest BCUT2D eigenvalue weighted by molar-refractivity contribution is 9.10. The first kappa shape index (κ1) is 14.6. The van der Waals surface area contributed by atoms with Crippen LogP contribution in [0.15, 0.2) is 46.9 Å². The highest BCUT2D eigenvalue weighted by Gasteiger charge is 2.16. The SMILES string of the molecule is CCc1ccc(-n2c(C(C)Cl)nc3cc(Br)ccc32)cc1. The standard InChI is InChI=1S/C17H16BrClN2/c1-3-12-4-7-14(8-5-12)21-16-9-6-13(18)10-15(16)20-17(21)11(2)19/h4-11H,3H2,1-2H3. The van der Waals surface area contributed by atoms with E-state index in [0.29, 0.717) is 0 Å². The number of aryl methyl sites for hydroxylation is 1. The summed E-state index contributed by atoms with van der Waals surface area (Å²) in [6.07, 6.45) is 1.04. The molecule has 1 heterocycles. The van der Waals surface area contributed by atoms with Crippen LogP contribution < -0.4 is 0 Å². The van der Waals surface area contributed by atoms with Gasteiger partial charge >= 0.3 is 0 Å². The van der Waals surface area contributed by atoms with Gasteiger partial charge in [-0.15, -0.1) is 11.6 Å². The fraction of sp³-hybridized carbons (Fsp3) is 0.235. The van der Waals surface area contributed by atoms with E-state index in [4.69, 9.17) is 16.6 Å². The molecule has 0 N–H and O–H groups in total. The van der Waals surface area contributed by atoms with Crippen LogP contribution >= 0.6 is 27.5 Å². The van der Waals surface area contributed by atoms with Crippen molar-refractivity contribution in [2.24, 2.45) is 0 Å². The van der Waals surface area contributed by atoms with E-state index in [1.807, 2.05) is 19.1 Å². The third-order valence-corrected chi connectivity index (χ3v) is 4.29. The van der Waals surface area contributed by atoms with Crippen molar-refractivity contribution in [2.45, 2.75) is 25.6 Å². The molecule has 21 heavy (non-hydrogen) atoms. The molecule has 0 saturated carbocycles. The van der Waals surface area contributed by atoms with Crippen molar-refractivity contribution in [2.75, 3.05) is 0 Å². The van der Waals surface area contributed by atoms with E-state index < -0.39 is 0 Å². The minimum Gasteiger partial charge on any atom is -0.295 e. The lowest BCUT2D eigenvalue weighted by Crippen LogP contribution is -2.02. The Kier molecular flexibility index (Phi) is 4.05. The number of imidazole rings is 1. The van der Waals surface area contributed by atoms with Crippen molar-refractivity contribution in [3.8, 4) is 5.69 Å². The van der Waals surface area contributed by atoms with Crippen molar-refractivity contribution in [3.63, 3.8) is 0 Å². The molecule has 1 atom stereocenters. The van der Waals surface area contributed by atoms with E-state index in [9.17, 15) is 0 Å². The van der Waals surface area contributed by atoms with Gasteiger partial charge in [0.05, 0.1) is 16.4 Å². The minimum absolute atomic E-state index is 0.151. The van der Waals surface area contributed by atoms with Crippen molar-refractivity contribution < 1.29 is 0 Å². The number of alkyl halides is 1. The molecular weight excluding hydrogens is 348 g/mol. The van der Waals surface area contributed by atoms with E-state index in [1.165, 1.54) is 5.56 Å². The molecule has 0 radical (unpaired) electrons. The van der Waals surface area contributed by atoms with Gasteiger partial charge in [0.1, 0.15) is 5.82 Å². The van der Waals surface area contributed by atoms with E-state index in [2.05, 4.69) is 57.8 Å². The summed E-state index contributed by atoms with van der Waals surface area (Å²) in [5.41, 5.74) is 4.45. The Morgan fingerprint density at radius 1 is 1.19 bits per heavy atom. The summed E-state index contributed by atoms with van der Waals surface area (Å²) < 4.78 is 3.16. The summed E-state index contributed by atoms with van der Waals surface area (Å²) in [6.45, 7) is 4.11. The molecule has 108 valence electrons. The van der Waals surface area contributed by atoms with Gasteiger partial charge in [0.25, 0.3) is 0 Å². The summed E-state index contributed by atoms with van der Waals surface area (Å²) in [4.78, 5) is 4.69. The van der Waals surface area contributed by atoms with Crippen LogP contribution in [0.2, 0.25) is 0 Å². The summed E-state index contributed by atoms with van der Waals surface area (Å²) >= 11 is 9.83. The lowest BCUT2D eigenvalue weighted by atomic mass is 10.1. The van der Waals surface area contributed by atoms with Gasteiger partial charge in [-0.05, 0) is 49.2 Å². The molecular formula is C17H16BrClN2. The van der Waals surface area contributed by atoms with Crippen molar-refractivity contribution in [1.82, 2.24) is 9.55 Å². The van der Waals surface area contributed by atoms with Gasteiger partial charge in [-0.1, -0.05) is 35.0 Å². The van der Waals surface area contributed by atoms with Crippen LogP contribution in [0.1, 0.15) is 30.6 Å². The van der Waals surface area contributed by atoms with Gasteiger partial charge in [-0.2, -0.15) is 0 Å². The molecule has 0 spiro atoms. The fourth-order valence-corrected chi connectivity index (χ4v) is 2.99. The molecule has 2 aromatic carbocycles. The normalized spacial score (nSPS) is 12.8. The van der Waals surface area contributed by atoms with E-state index in [1.54, 1.807) is 0 Å². The molecule has 0 aliphatic carbocycles. The van der Waals surface area contributed by atoms with Crippen LogP contribution in [0, 0.1) is 0 Å². The number of hydrogen-bond donors (Lipinski definition) is 0. The van der Waals surface area contributed by atoms with Gasteiger partial charge in [-0.25, -0.2) is 4.98 Å². The van der Waals surface area contributed by atoms with Gasteiger partial charge in [0, 0.05) is 10.2 Å². The number of fused-ring (bicyclic) bond motifs is 1. The number of halogens is 2. The quantitative estimate of drug-likeness (QED) is 0.550. The minimum atomic E-state index is -0.151. The Hall–Kier alpha value is -1.32. The summed E-state index contributed by atoms with van der Waals surface area (Å²) in [7, 11) is 0. The molecule has 0 amide bonds. The molecule has 3 rings (SSSR count). The monoisotopic (exact) mass is 362 g/mol. The predicted molar refractivity (Wildman–Crippen MR) is 92.4 cm³/mol. The Bertz CT molecular complexity index is 775. The third kappa shape index (κ3) is 2.72. The molecule has 3 aromatic rings. The molecule has 0 aliphatic rings. The maximum Gasteiger partial charge on any atom is 0.132 e. The fourth-order valence-electron chi connectivity index (χ4n) is 2.49. The zero-order valence-corrected chi connectivity index (χ0v) is 14.3. The lowest BCUT2D eigenvalue weighted by Gasteiger charge is -2.11. The van der Waals surface area contributed by atoms with Crippen LogP contribution in [0.3, 0.4) is 0 Å². The van der Waals surface area contributed by atoms with Crippen LogP contribution in [0.25, 0.3) is 16.7 Å². The van der Waals surface area contributed by atoms with Crippen LogP contribution in [-0.2, 0) is 6.42 Å². The zero-order chi connectivity index (χ0) is 15.0. The zero-order valence-electron chi connectivity index (χ0n) is 12.0. The Balaban J connectivity index is 2.25. The maximum absolute atomic E-state index is 6.33. The van der Waals surface area contributed by atoms with Crippen LogP contribution in [0.5, 0.6) is 0 Å². The molecule has 4 heteroatoms. The first-order valence-electron chi connectivity index (χ1n) is 7.01. The first-order chi connectivity index (χ1) is 10.1. The highest BCUT2D eigenvalue weighted by atomic mass is 79.9.